The highest BCUT2D eigenvalue weighted by atomic mass is 32.1. The van der Waals surface area contributed by atoms with E-state index in [4.69, 9.17) is 0 Å². The van der Waals surface area contributed by atoms with Crippen LogP contribution in [0.15, 0.2) is 22.9 Å². The molecule has 0 radical (unpaired) electrons. The average molecular weight is 237 g/mol. The molecule has 1 N–H and O–H groups in total. The fourth-order valence-corrected chi connectivity index (χ4v) is 3.91. The van der Waals surface area contributed by atoms with Crippen molar-refractivity contribution in [2.45, 2.75) is 19.9 Å². The average Bonchev–Trinajstić information content (AvgIpc) is 2.80. The second-order valence-electron chi connectivity index (χ2n) is 3.66. The standard InChI is InChI=1S/C12H15NS2/c1-8-4-6-14-11(8)10(13-3)12-9(2)5-7-15-12/h4-7,10,13H,1-3H3. The fourth-order valence-electron chi connectivity index (χ4n) is 1.74. The minimum Gasteiger partial charge on any atom is -0.308 e. The first kappa shape index (κ1) is 10.9. The van der Waals surface area contributed by atoms with Gasteiger partial charge < -0.3 is 5.32 Å². The summed E-state index contributed by atoms with van der Waals surface area (Å²) in [5.74, 6) is 0. The van der Waals surface area contributed by atoms with Crippen LogP contribution in [0.25, 0.3) is 0 Å². The van der Waals surface area contributed by atoms with Crippen molar-refractivity contribution >= 4 is 22.7 Å². The molecule has 2 heterocycles. The van der Waals surface area contributed by atoms with Crippen molar-refractivity contribution < 1.29 is 0 Å². The Morgan fingerprint density at radius 2 is 1.47 bits per heavy atom. The van der Waals surface area contributed by atoms with Gasteiger partial charge in [-0.25, -0.2) is 0 Å². The lowest BCUT2D eigenvalue weighted by atomic mass is 10.1. The maximum Gasteiger partial charge on any atom is 0.0767 e. The summed E-state index contributed by atoms with van der Waals surface area (Å²) in [7, 11) is 2.03. The summed E-state index contributed by atoms with van der Waals surface area (Å²) < 4.78 is 0. The van der Waals surface area contributed by atoms with Gasteiger partial charge in [-0.05, 0) is 54.9 Å². The Labute approximate surface area is 98.8 Å². The van der Waals surface area contributed by atoms with Gasteiger partial charge in [0.2, 0.25) is 0 Å². The molecule has 2 aromatic heterocycles. The molecule has 2 rings (SSSR count). The number of thiophene rings is 2. The minimum absolute atomic E-state index is 0.366. The van der Waals surface area contributed by atoms with Crippen LogP contribution in [0.4, 0.5) is 0 Å². The second-order valence-corrected chi connectivity index (χ2v) is 5.55. The van der Waals surface area contributed by atoms with Gasteiger partial charge in [0, 0.05) is 9.75 Å². The molecule has 0 aliphatic rings. The molecular formula is C12H15NS2. The summed E-state index contributed by atoms with van der Waals surface area (Å²) in [5, 5.41) is 7.74. The summed E-state index contributed by atoms with van der Waals surface area (Å²) >= 11 is 3.67. The third-order valence-electron chi connectivity index (χ3n) is 2.62. The maximum absolute atomic E-state index is 3.41. The van der Waals surface area contributed by atoms with Crippen molar-refractivity contribution in [1.82, 2.24) is 5.32 Å². The summed E-state index contributed by atoms with van der Waals surface area (Å²) in [5.41, 5.74) is 2.76. The second kappa shape index (κ2) is 4.47. The highest BCUT2D eigenvalue weighted by molar-refractivity contribution is 7.11. The molecule has 0 amide bonds. The zero-order valence-corrected chi connectivity index (χ0v) is 10.8. The summed E-state index contributed by atoms with van der Waals surface area (Å²) in [4.78, 5) is 2.87. The van der Waals surface area contributed by atoms with E-state index >= 15 is 0 Å². The van der Waals surface area contributed by atoms with Crippen LogP contribution in [-0.4, -0.2) is 7.05 Å². The van der Waals surface area contributed by atoms with Gasteiger partial charge in [-0.2, -0.15) is 0 Å². The maximum atomic E-state index is 3.41. The predicted molar refractivity (Wildman–Crippen MR) is 69.0 cm³/mol. The van der Waals surface area contributed by atoms with E-state index in [9.17, 15) is 0 Å². The van der Waals surface area contributed by atoms with Crippen LogP contribution in [0.5, 0.6) is 0 Å². The normalized spacial score (nSPS) is 11.2. The van der Waals surface area contributed by atoms with E-state index in [0.717, 1.165) is 0 Å². The van der Waals surface area contributed by atoms with Crippen LogP contribution >= 0.6 is 22.7 Å². The van der Waals surface area contributed by atoms with Gasteiger partial charge in [-0.3, -0.25) is 0 Å². The zero-order valence-electron chi connectivity index (χ0n) is 9.20. The quantitative estimate of drug-likeness (QED) is 0.857. The largest absolute Gasteiger partial charge is 0.308 e. The number of aryl methyl sites for hydroxylation is 2. The molecule has 2 aromatic rings. The Bertz CT molecular complexity index is 402. The first-order valence-corrected chi connectivity index (χ1v) is 6.75. The van der Waals surface area contributed by atoms with Crippen molar-refractivity contribution in [2.75, 3.05) is 7.05 Å². The van der Waals surface area contributed by atoms with Gasteiger partial charge in [-0.1, -0.05) is 0 Å². The highest BCUT2D eigenvalue weighted by Gasteiger charge is 2.18. The fraction of sp³-hybridized carbons (Fsp3) is 0.333. The summed E-state index contributed by atoms with van der Waals surface area (Å²) in [6, 6.07) is 4.74. The summed E-state index contributed by atoms with van der Waals surface area (Å²) in [6.07, 6.45) is 0. The molecule has 15 heavy (non-hydrogen) atoms. The number of hydrogen-bond acceptors (Lipinski definition) is 3. The zero-order chi connectivity index (χ0) is 10.8. The van der Waals surface area contributed by atoms with Crippen molar-refractivity contribution in [2.24, 2.45) is 0 Å². The lowest BCUT2D eigenvalue weighted by molar-refractivity contribution is 0.709. The molecule has 0 aliphatic heterocycles. The molecular weight excluding hydrogens is 222 g/mol. The topological polar surface area (TPSA) is 12.0 Å². The first-order chi connectivity index (χ1) is 7.24. The summed E-state index contributed by atoms with van der Waals surface area (Å²) in [6.45, 7) is 4.36. The Kier molecular flexibility index (Phi) is 3.24. The molecule has 0 saturated heterocycles. The molecule has 1 nitrogen and oxygen atoms in total. The molecule has 0 bridgehead atoms. The van der Waals surface area contributed by atoms with Gasteiger partial charge in [0.05, 0.1) is 6.04 Å². The smallest absolute Gasteiger partial charge is 0.0767 e. The Morgan fingerprint density at radius 3 is 1.73 bits per heavy atom. The molecule has 80 valence electrons. The minimum atomic E-state index is 0.366. The SMILES string of the molecule is CNC(c1sccc1C)c1sccc1C. The van der Waals surface area contributed by atoms with Crippen LogP contribution < -0.4 is 5.32 Å². The molecule has 0 atom stereocenters. The number of rotatable bonds is 3. The third-order valence-corrected chi connectivity index (χ3v) is 4.78. The van der Waals surface area contributed by atoms with Gasteiger partial charge in [0.25, 0.3) is 0 Å². The van der Waals surface area contributed by atoms with E-state index < -0.39 is 0 Å². The van der Waals surface area contributed by atoms with E-state index in [2.05, 4.69) is 42.1 Å². The lowest BCUT2D eigenvalue weighted by Crippen LogP contribution is -2.16. The van der Waals surface area contributed by atoms with Gasteiger partial charge >= 0.3 is 0 Å². The third kappa shape index (κ3) is 2.00. The monoisotopic (exact) mass is 237 g/mol. The van der Waals surface area contributed by atoms with Crippen LogP contribution in [-0.2, 0) is 0 Å². The van der Waals surface area contributed by atoms with Gasteiger partial charge in [-0.15, -0.1) is 22.7 Å². The highest BCUT2D eigenvalue weighted by Crippen LogP contribution is 2.33. The Morgan fingerprint density at radius 1 is 1.00 bits per heavy atom. The van der Waals surface area contributed by atoms with Crippen LogP contribution in [0.3, 0.4) is 0 Å². The van der Waals surface area contributed by atoms with Gasteiger partial charge in [0.1, 0.15) is 0 Å². The van der Waals surface area contributed by atoms with E-state index in [1.54, 1.807) is 0 Å². The van der Waals surface area contributed by atoms with Crippen molar-refractivity contribution in [3.05, 3.63) is 43.8 Å². The predicted octanol–water partition coefficient (Wildman–Crippen LogP) is 3.74. The molecule has 0 aromatic carbocycles. The molecule has 0 unspecified atom stereocenters. The first-order valence-electron chi connectivity index (χ1n) is 4.99. The number of nitrogens with one attached hydrogen (secondary N) is 1. The lowest BCUT2D eigenvalue weighted by Gasteiger charge is -2.15. The van der Waals surface area contributed by atoms with Crippen LogP contribution in [0.1, 0.15) is 26.9 Å². The van der Waals surface area contributed by atoms with Crippen LogP contribution in [0, 0.1) is 13.8 Å². The molecule has 0 fully saturated rings. The van der Waals surface area contributed by atoms with Gasteiger partial charge in [0.15, 0.2) is 0 Å². The molecule has 0 spiro atoms. The van der Waals surface area contributed by atoms with Crippen molar-refractivity contribution in [3.63, 3.8) is 0 Å². The van der Waals surface area contributed by atoms with Crippen molar-refractivity contribution in [1.29, 1.82) is 0 Å². The number of hydrogen-bond donors (Lipinski definition) is 1. The van der Waals surface area contributed by atoms with E-state index in [1.165, 1.54) is 20.9 Å². The Balaban J connectivity index is 2.41. The van der Waals surface area contributed by atoms with E-state index in [0.29, 0.717) is 6.04 Å². The molecule has 0 aliphatic carbocycles. The molecule has 0 saturated carbocycles. The van der Waals surface area contributed by atoms with Crippen molar-refractivity contribution in [3.8, 4) is 0 Å². The van der Waals surface area contributed by atoms with Crippen LogP contribution in [0.2, 0.25) is 0 Å². The molecule has 3 heteroatoms. The van der Waals surface area contributed by atoms with E-state index in [-0.39, 0.29) is 0 Å². The van der Waals surface area contributed by atoms with E-state index in [1.807, 2.05) is 29.7 Å². The Hall–Kier alpha value is -0.640.